The number of aromatic nitrogens is 8. The molecule has 0 radical (unpaired) electrons. The van der Waals surface area contributed by atoms with Crippen molar-refractivity contribution in [1.82, 2.24) is 40.1 Å². The molecule has 0 spiro atoms. The van der Waals surface area contributed by atoms with E-state index in [1.807, 2.05) is 36.4 Å². The van der Waals surface area contributed by atoms with E-state index in [2.05, 4.69) is 45.1 Å². The molecule has 35 heavy (non-hydrogen) atoms. The molecule has 12 heteroatoms. The molecule has 174 valence electrons. The lowest BCUT2D eigenvalue weighted by molar-refractivity contribution is 0.720. The van der Waals surface area contributed by atoms with Crippen LogP contribution in [0.2, 0.25) is 5.15 Å². The summed E-state index contributed by atoms with van der Waals surface area (Å²) >= 11 is 6.57. The fourth-order valence-electron chi connectivity index (χ4n) is 4.24. The van der Waals surface area contributed by atoms with Crippen LogP contribution in [0.25, 0.3) is 33.3 Å². The Morgan fingerprint density at radius 1 is 1.11 bits per heavy atom. The molecule has 0 amide bonds. The monoisotopic (exact) mass is 485 g/mol. The summed E-state index contributed by atoms with van der Waals surface area (Å²) in [4.78, 5) is 31.5. The summed E-state index contributed by atoms with van der Waals surface area (Å²) in [5.41, 5.74) is 10.5. The molecule has 0 aliphatic carbocycles. The van der Waals surface area contributed by atoms with Gasteiger partial charge in [-0.15, -0.1) is 0 Å². The molecule has 0 fully saturated rings. The summed E-state index contributed by atoms with van der Waals surface area (Å²) < 4.78 is 0. The maximum atomic E-state index is 6.57. The van der Waals surface area contributed by atoms with E-state index in [1.165, 1.54) is 0 Å². The number of nitrogens with two attached hydrogens (primary N) is 1. The summed E-state index contributed by atoms with van der Waals surface area (Å²) in [6.07, 6.45) is 11.2. The van der Waals surface area contributed by atoms with E-state index in [-0.39, 0.29) is 5.92 Å². The Kier molecular flexibility index (Phi) is 5.10. The molecule has 1 aliphatic rings. The van der Waals surface area contributed by atoms with Crippen LogP contribution in [0.3, 0.4) is 0 Å². The largest absolute Gasteiger partial charge is 0.382 e. The minimum absolute atomic E-state index is 0.205. The van der Waals surface area contributed by atoms with Crippen molar-refractivity contribution in [2.45, 2.75) is 19.3 Å². The summed E-state index contributed by atoms with van der Waals surface area (Å²) in [7, 11) is 0. The van der Waals surface area contributed by atoms with Crippen molar-refractivity contribution in [3.05, 3.63) is 59.8 Å². The quantitative estimate of drug-likeness (QED) is 0.318. The Labute approximate surface area is 204 Å². The number of imidazole rings is 1. The average molecular weight is 486 g/mol. The van der Waals surface area contributed by atoms with E-state index in [1.54, 1.807) is 24.9 Å². The van der Waals surface area contributed by atoms with Crippen molar-refractivity contribution in [2.24, 2.45) is 4.99 Å². The van der Waals surface area contributed by atoms with Crippen molar-refractivity contribution in [2.75, 3.05) is 17.2 Å². The summed E-state index contributed by atoms with van der Waals surface area (Å²) in [6, 6.07) is 4.05. The molecule has 5 aromatic heterocycles. The number of nitrogen functional groups attached to an aromatic ring is 1. The lowest BCUT2D eigenvalue weighted by Crippen LogP contribution is -2.20. The molecular weight excluding hydrogens is 466 g/mol. The molecule has 5 aromatic rings. The summed E-state index contributed by atoms with van der Waals surface area (Å²) in [5, 5.41) is 8.73. The third-order valence-electron chi connectivity index (χ3n) is 6.00. The topological polar surface area (TPSA) is 151 Å². The van der Waals surface area contributed by atoms with Crippen molar-refractivity contribution in [3.63, 3.8) is 0 Å². The van der Waals surface area contributed by atoms with Crippen LogP contribution in [0.1, 0.15) is 30.7 Å². The standard InChI is InChI=1S/C23H20ClN11/c1-2-14(21-31-19(25)17-22(32-21)30-11-29-17)15-7-12(9-27-18(15)24)13-8-16-20(28-10-13)33-34-23(16)35-5-3-26-4-6-35/h3-5,7-11,14H,2,6H2,1H3,(H,28,33,34)(H3,25,29,30,31,32). The zero-order valence-electron chi connectivity index (χ0n) is 18.6. The fraction of sp³-hybridized carbons (Fsp3) is 0.174. The number of rotatable bonds is 5. The number of nitrogens with zero attached hydrogens (tertiary/aromatic N) is 8. The summed E-state index contributed by atoms with van der Waals surface area (Å²) in [5.74, 6) is 1.46. The molecule has 1 atom stereocenters. The Morgan fingerprint density at radius 2 is 1.97 bits per heavy atom. The zero-order chi connectivity index (χ0) is 23.9. The van der Waals surface area contributed by atoms with Gasteiger partial charge in [-0.3, -0.25) is 10.1 Å². The Morgan fingerprint density at radius 3 is 2.80 bits per heavy atom. The molecule has 0 bridgehead atoms. The SMILES string of the molecule is CCC(c1nc(N)c2nc[nH]c2n1)c1cc(-c2cnc3[nH]nc(N4C=CN=CC4)c3c2)cnc1Cl. The van der Waals surface area contributed by atoms with Crippen LogP contribution in [0, 0.1) is 0 Å². The highest BCUT2D eigenvalue weighted by molar-refractivity contribution is 6.30. The normalized spacial score (nSPS) is 14.3. The number of anilines is 2. The highest BCUT2D eigenvalue weighted by atomic mass is 35.5. The third kappa shape index (κ3) is 3.66. The van der Waals surface area contributed by atoms with E-state index in [4.69, 9.17) is 17.3 Å². The van der Waals surface area contributed by atoms with Gasteiger partial charge in [0.2, 0.25) is 0 Å². The van der Waals surface area contributed by atoms with Gasteiger partial charge in [0.05, 0.1) is 18.3 Å². The zero-order valence-corrected chi connectivity index (χ0v) is 19.4. The molecular formula is C23H20ClN11. The highest BCUT2D eigenvalue weighted by Gasteiger charge is 2.22. The second-order valence-corrected chi connectivity index (χ2v) is 8.44. The molecule has 0 saturated carbocycles. The number of nitrogens with one attached hydrogen (secondary N) is 2. The Balaban J connectivity index is 1.42. The predicted octanol–water partition coefficient (Wildman–Crippen LogP) is 3.83. The highest BCUT2D eigenvalue weighted by Crippen LogP contribution is 2.35. The predicted molar refractivity (Wildman–Crippen MR) is 135 cm³/mol. The Bertz CT molecular complexity index is 1620. The maximum Gasteiger partial charge on any atom is 0.164 e. The summed E-state index contributed by atoms with van der Waals surface area (Å²) in [6.45, 7) is 2.68. The number of aromatic amines is 2. The van der Waals surface area contributed by atoms with Crippen LogP contribution < -0.4 is 10.6 Å². The van der Waals surface area contributed by atoms with Gasteiger partial charge in [-0.05, 0) is 18.6 Å². The second kappa shape index (κ2) is 8.44. The van der Waals surface area contributed by atoms with Crippen molar-refractivity contribution < 1.29 is 0 Å². The van der Waals surface area contributed by atoms with Crippen LogP contribution >= 0.6 is 11.6 Å². The molecule has 6 heterocycles. The molecule has 4 N–H and O–H groups in total. The Hall–Kier alpha value is -4.38. The van der Waals surface area contributed by atoms with Crippen LogP contribution in [0.4, 0.5) is 11.6 Å². The third-order valence-corrected chi connectivity index (χ3v) is 6.32. The van der Waals surface area contributed by atoms with Crippen molar-refractivity contribution in [3.8, 4) is 11.1 Å². The molecule has 0 aromatic carbocycles. The number of aliphatic imine (C=N–C) groups is 1. The van der Waals surface area contributed by atoms with E-state index in [0.717, 1.165) is 27.9 Å². The average Bonchev–Trinajstić information content (AvgIpc) is 3.53. The van der Waals surface area contributed by atoms with Gasteiger partial charge in [-0.1, -0.05) is 18.5 Å². The molecule has 11 nitrogen and oxygen atoms in total. The number of halogens is 1. The number of hydrogen-bond donors (Lipinski definition) is 3. The first-order valence-electron chi connectivity index (χ1n) is 11.0. The first-order valence-corrected chi connectivity index (χ1v) is 11.4. The van der Waals surface area contributed by atoms with E-state index in [9.17, 15) is 0 Å². The number of H-pyrrole nitrogens is 2. The lowest BCUT2D eigenvalue weighted by atomic mass is 9.94. The van der Waals surface area contributed by atoms with E-state index in [0.29, 0.717) is 46.6 Å². The maximum absolute atomic E-state index is 6.57. The van der Waals surface area contributed by atoms with Crippen LogP contribution in [-0.4, -0.2) is 52.9 Å². The van der Waals surface area contributed by atoms with Gasteiger partial charge in [-0.2, -0.15) is 5.10 Å². The molecule has 1 aliphatic heterocycles. The van der Waals surface area contributed by atoms with Gasteiger partial charge in [0.1, 0.15) is 16.5 Å². The minimum atomic E-state index is -0.205. The van der Waals surface area contributed by atoms with Gasteiger partial charge in [0.15, 0.2) is 22.9 Å². The molecule has 6 rings (SSSR count). The smallest absolute Gasteiger partial charge is 0.164 e. The second-order valence-electron chi connectivity index (χ2n) is 8.08. The lowest BCUT2D eigenvalue weighted by Gasteiger charge is -2.18. The van der Waals surface area contributed by atoms with Gasteiger partial charge in [0, 0.05) is 53.6 Å². The number of pyridine rings is 2. The van der Waals surface area contributed by atoms with Crippen molar-refractivity contribution >= 4 is 51.6 Å². The van der Waals surface area contributed by atoms with Crippen LogP contribution in [-0.2, 0) is 0 Å². The molecule has 0 saturated heterocycles. The van der Waals surface area contributed by atoms with Gasteiger partial charge < -0.3 is 15.6 Å². The molecule has 1 unspecified atom stereocenters. The fourth-order valence-corrected chi connectivity index (χ4v) is 4.48. The van der Waals surface area contributed by atoms with Gasteiger partial charge in [-0.25, -0.2) is 24.9 Å². The van der Waals surface area contributed by atoms with Gasteiger partial charge in [0.25, 0.3) is 0 Å². The van der Waals surface area contributed by atoms with E-state index < -0.39 is 0 Å². The van der Waals surface area contributed by atoms with Crippen molar-refractivity contribution in [1.29, 1.82) is 0 Å². The first kappa shape index (κ1) is 21.2. The number of hydrogen-bond acceptors (Lipinski definition) is 9. The first-order chi connectivity index (χ1) is 17.1. The minimum Gasteiger partial charge on any atom is -0.382 e. The van der Waals surface area contributed by atoms with Crippen LogP contribution in [0.15, 0.2) is 48.2 Å². The number of fused-ring (bicyclic) bond motifs is 2. The van der Waals surface area contributed by atoms with E-state index >= 15 is 0 Å². The van der Waals surface area contributed by atoms with Gasteiger partial charge >= 0.3 is 0 Å². The van der Waals surface area contributed by atoms with Crippen LogP contribution in [0.5, 0.6) is 0 Å².